The predicted molar refractivity (Wildman–Crippen MR) is 108 cm³/mol. The highest BCUT2D eigenvalue weighted by molar-refractivity contribution is 7.80. The number of nitrogens with one attached hydrogen (secondary N) is 1. The number of thiocarbonyl (C=S) groups is 1. The summed E-state index contributed by atoms with van der Waals surface area (Å²) in [4.78, 5) is 6.56. The summed E-state index contributed by atoms with van der Waals surface area (Å²) in [6, 6.07) is 15.6. The number of furan rings is 1. The van der Waals surface area contributed by atoms with Gasteiger partial charge < -0.3 is 19.4 Å². The largest absolute Gasteiger partial charge is 0.459 e. The Balaban J connectivity index is 1.70. The van der Waals surface area contributed by atoms with Crippen molar-refractivity contribution in [1.82, 2.24) is 15.2 Å². The molecule has 0 radical (unpaired) electrons. The van der Waals surface area contributed by atoms with Crippen molar-refractivity contribution >= 4 is 17.3 Å². The summed E-state index contributed by atoms with van der Waals surface area (Å²) in [5.74, 6) is 1.17. The quantitative estimate of drug-likeness (QED) is 0.632. The van der Waals surface area contributed by atoms with Crippen molar-refractivity contribution < 1.29 is 13.5 Å². The van der Waals surface area contributed by atoms with Gasteiger partial charge in [0.05, 0.1) is 18.3 Å². The highest BCUT2D eigenvalue weighted by Crippen LogP contribution is 2.40. The lowest BCUT2D eigenvalue weighted by atomic mass is 10.0. The zero-order valence-corrected chi connectivity index (χ0v) is 16.2. The molecule has 1 aromatic carbocycles. The first-order chi connectivity index (χ1) is 13.7. The van der Waals surface area contributed by atoms with Gasteiger partial charge in [-0.1, -0.05) is 6.07 Å². The van der Waals surface area contributed by atoms with Crippen LogP contribution in [0.5, 0.6) is 0 Å². The van der Waals surface area contributed by atoms with Crippen LogP contribution in [0.1, 0.15) is 23.5 Å². The van der Waals surface area contributed by atoms with Gasteiger partial charge in [-0.15, -0.1) is 0 Å². The second-order valence-electron chi connectivity index (χ2n) is 6.52. The van der Waals surface area contributed by atoms with Gasteiger partial charge in [0.2, 0.25) is 0 Å². The average Bonchev–Trinajstić information content (AvgIpc) is 3.32. The first-order valence-corrected chi connectivity index (χ1v) is 9.41. The van der Waals surface area contributed by atoms with Crippen LogP contribution in [-0.4, -0.2) is 35.3 Å². The molecule has 0 aliphatic carbocycles. The molecule has 0 amide bonds. The van der Waals surface area contributed by atoms with Gasteiger partial charge >= 0.3 is 0 Å². The lowest BCUT2D eigenvalue weighted by Gasteiger charge is -2.25. The predicted octanol–water partition coefficient (Wildman–Crippen LogP) is 4.10. The number of benzene rings is 1. The molecule has 1 fully saturated rings. The van der Waals surface area contributed by atoms with Crippen LogP contribution in [0.15, 0.2) is 65.2 Å². The molecule has 2 aromatic heterocycles. The van der Waals surface area contributed by atoms with Crippen molar-refractivity contribution in [1.29, 1.82) is 0 Å². The Morgan fingerprint density at radius 1 is 1.18 bits per heavy atom. The van der Waals surface area contributed by atoms with E-state index >= 15 is 0 Å². The van der Waals surface area contributed by atoms with E-state index in [9.17, 15) is 4.39 Å². The molecule has 1 saturated heterocycles. The number of halogens is 1. The van der Waals surface area contributed by atoms with Crippen molar-refractivity contribution in [3.05, 3.63) is 78.1 Å². The van der Waals surface area contributed by atoms with Crippen LogP contribution in [0.3, 0.4) is 0 Å². The molecule has 3 heterocycles. The number of methoxy groups -OCH3 is 1. The molecule has 0 bridgehead atoms. The summed E-state index contributed by atoms with van der Waals surface area (Å²) in [5.41, 5.74) is 1.70. The molecule has 1 aliphatic rings. The third-order valence-electron chi connectivity index (χ3n) is 4.78. The number of rotatable bonds is 6. The molecule has 5 nitrogen and oxygen atoms in total. The SMILES string of the molecule is COCCN1C(=S)N[C@@H](c2ccccn2)[C@H]1c1ccc(-c2ccc(F)cc2)o1. The molecular weight excluding hydrogens is 377 g/mol. The molecule has 3 aromatic rings. The number of aromatic nitrogens is 1. The average molecular weight is 397 g/mol. The van der Waals surface area contributed by atoms with Gasteiger partial charge in [0.15, 0.2) is 5.11 Å². The van der Waals surface area contributed by atoms with Crippen molar-refractivity contribution in [3.63, 3.8) is 0 Å². The van der Waals surface area contributed by atoms with Gasteiger partial charge in [-0.3, -0.25) is 4.98 Å². The Morgan fingerprint density at radius 2 is 2.00 bits per heavy atom. The monoisotopic (exact) mass is 397 g/mol. The summed E-state index contributed by atoms with van der Waals surface area (Å²) in [5, 5.41) is 4.00. The molecule has 2 atom stereocenters. The lowest BCUT2D eigenvalue weighted by Crippen LogP contribution is -2.32. The van der Waals surface area contributed by atoms with E-state index in [0.29, 0.717) is 24.0 Å². The minimum absolute atomic E-state index is 0.141. The Bertz CT molecular complexity index is 946. The maximum atomic E-state index is 13.2. The maximum Gasteiger partial charge on any atom is 0.170 e. The first-order valence-electron chi connectivity index (χ1n) is 9.00. The Morgan fingerprint density at radius 3 is 2.71 bits per heavy atom. The number of nitrogens with zero attached hydrogens (tertiary/aromatic N) is 2. The fourth-order valence-electron chi connectivity index (χ4n) is 3.43. The number of hydrogen-bond acceptors (Lipinski definition) is 4. The summed E-state index contributed by atoms with van der Waals surface area (Å²) < 4.78 is 24.6. The van der Waals surface area contributed by atoms with Gasteiger partial charge in [-0.05, 0) is 60.7 Å². The van der Waals surface area contributed by atoms with Crippen molar-refractivity contribution in [2.24, 2.45) is 0 Å². The van der Waals surface area contributed by atoms with Crippen molar-refractivity contribution in [2.45, 2.75) is 12.1 Å². The van der Waals surface area contributed by atoms with Gasteiger partial charge in [0.25, 0.3) is 0 Å². The highest BCUT2D eigenvalue weighted by Gasteiger charge is 2.41. The molecule has 1 N–H and O–H groups in total. The minimum Gasteiger partial charge on any atom is -0.459 e. The molecular formula is C21H20FN3O2S. The standard InChI is InChI=1S/C21H20FN3O2S/c1-26-13-12-25-20(19(24-21(25)28)16-4-2-3-11-23-16)18-10-9-17(27-18)14-5-7-15(22)8-6-14/h2-11,19-20H,12-13H2,1H3,(H,24,28)/t19-,20+/m0/s1. The maximum absolute atomic E-state index is 13.2. The van der Waals surface area contributed by atoms with Crippen LogP contribution in [0.25, 0.3) is 11.3 Å². The number of pyridine rings is 1. The zero-order valence-electron chi connectivity index (χ0n) is 15.3. The molecule has 7 heteroatoms. The Kier molecular flexibility index (Phi) is 5.36. The Labute approximate surface area is 168 Å². The van der Waals surface area contributed by atoms with E-state index < -0.39 is 0 Å². The zero-order chi connectivity index (χ0) is 19.5. The molecule has 1 aliphatic heterocycles. The smallest absolute Gasteiger partial charge is 0.170 e. The second-order valence-corrected chi connectivity index (χ2v) is 6.91. The first kappa shape index (κ1) is 18.6. The minimum atomic E-state index is -0.276. The van der Waals surface area contributed by atoms with Crippen molar-refractivity contribution in [3.8, 4) is 11.3 Å². The molecule has 0 saturated carbocycles. The fourth-order valence-corrected chi connectivity index (χ4v) is 3.76. The van der Waals surface area contributed by atoms with E-state index in [4.69, 9.17) is 21.4 Å². The van der Waals surface area contributed by atoms with Crippen LogP contribution < -0.4 is 5.32 Å². The molecule has 4 rings (SSSR count). The second kappa shape index (κ2) is 8.08. The molecule has 144 valence electrons. The number of ether oxygens (including phenoxy) is 1. The summed E-state index contributed by atoms with van der Waals surface area (Å²) in [6.45, 7) is 1.17. The van der Waals surface area contributed by atoms with Gasteiger partial charge in [0.1, 0.15) is 23.4 Å². The van der Waals surface area contributed by atoms with E-state index in [2.05, 4.69) is 15.2 Å². The fraction of sp³-hybridized carbons (Fsp3) is 0.238. The normalized spacial score (nSPS) is 19.1. The summed E-state index contributed by atoms with van der Waals surface area (Å²) in [6.07, 6.45) is 1.76. The van der Waals surface area contributed by atoms with E-state index in [-0.39, 0.29) is 17.9 Å². The summed E-state index contributed by atoms with van der Waals surface area (Å²) >= 11 is 5.57. The van der Waals surface area contributed by atoms with Gasteiger partial charge in [0, 0.05) is 25.4 Å². The van der Waals surface area contributed by atoms with Gasteiger partial charge in [-0.25, -0.2) is 4.39 Å². The van der Waals surface area contributed by atoms with Crippen LogP contribution in [0, 0.1) is 5.82 Å². The Hall–Kier alpha value is -2.77. The summed E-state index contributed by atoms with van der Waals surface area (Å²) in [7, 11) is 1.66. The van der Waals surface area contributed by atoms with Crippen molar-refractivity contribution in [2.75, 3.05) is 20.3 Å². The number of hydrogen-bond donors (Lipinski definition) is 1. The highest BCUT2D eigenvalue weighted by atomic mass is 32.1. The van der Waals surface area contributed by atoms with Crippen LogP contribution in [0.4, 0.5) is 4.39 Å². The van der Waals surface area contributed by atoms with Gasteiger partial charge in [-0.2, -0.15) is 0 Å². The lowest BCUT2D eigenvalue weighted by molar-refractivity contribution is 0.158. The van der Waals surface area contributed by atoms with E-state index in [1.54, 1.807) is 25.4 Å². The third-order valence-corrected chi connectivity index (χ3v) is 5.13. The van der Waals surface area contributed by atoms with Crippen LogP contribution >= 0.6 is 12.2 Å². The van der Waals surface area contributed by atoms with Crippen LogP contribution in [-0.2, 0) is 4.74 Å². The van der Waals surface area contributed by atoms with E-state index in [1.165, 1.54) is 12.1 Å². The van der Waals surface area contributed by atoms with E-state index in [0.717, 1.165) is 17.0 Å². The topological polar surface area (TPSA) is 50.5 Å². The van der Waals surface area contributed by atoms with Crippen LogP contribution in [0.2, 0.25) is 0 Å². The molecule has 0 spiro atoms. The molecule has 0 unspecified atom stereocenters. The third kappa shape index (κ3) is 3.63. The van der Waals surface area contributed by atoms with E-state index in [1.807, 2.05) is 30.3 Å². The molecule has 28 heavy (non-hydrogen) atoms.